The molecule has 0 fully saturated rings. The molecule has 0 heterocycles. The molecule has 0 atom stereocenters. The highest BCUT2D eigenvalue weighted by atomic mass is 35.5. The van der Waals surface area contributed by atoms with Crippen molar-refractivity contribution < 1.29 is 13.9 Å². The number of hydrogen-bond donors (Lipinski definition) is 0. The van der Waals surface area contributed by atoms with Crippen molar-refractivity contribution >= 4 is 17.6 Å². The van der Waals surface area contributed by atoms with Gasteiger partial charge in [0.05, 0.1) is 16.7 Å². The number of hydrogen-bond acceptors (Lipinski definition) is 2. The largest absolute Gasteiger partial charge is 0.459 e. The summed E-state index contributed by atoms with van der Waals surface area (Å²) in [7, 11) is 0. The molecule has 0 saturated carbocycles. The van der Waals surface area contributed by atoms with Crippen molar-refractivity contribution in [3.63, 3.8) is 0 Å². The SMILES string of the molecule is CC(C)OC(=O)c1cccc(F)c1Cl. The Balaban J connectivity index is 2.96. The summed E-state index contributed by atoms with van der Waals surface area (Å²) in [6.07, 6.45) is -0.248. The zero-order valence-electron chi connectivity index (χ0n) is 7.88. The standard InChI is InChI=1S/C10H10ClFO2/c1-6(2)14-10(13)7-4-3-5-8(12)9(7)11/h3-6H,1-2H3. The average Bonchev–Trinajstić information content (AvgIpc) is 2.08. The fraction of sp³-hybridized carbons (Fsp3) is 0.300. The Bertz CT molecular complexity index is 350. The molecule has 0 unspecified atom stereocenters. The van der Waals surface area contributed by atoms with E-state index in [1.54, 1.807) is 13.8 Å². The summed E-state index contributed by atoms with van der Waals surface area (Å²) < 4.78 is 17.8. The molecule has 1 aromatic carbocycles. The Kier molecular flexibility index (Phi) is 3.47. The summed E-state index contributed by atoms with van der Waals surface area (Å²) in [5.41, 5.74) is 0.0559. The molecule has 76 valence electrons. The minimum atomic E-state index is -0.620. The fourth-order valence-corrected chi connectivity index (χ4v) is 1.14. The number of benzene rings is 1. The van der Waals surface area contributed by atoms with E-state index in [2.05, 4.69) is 0 Å². The van der Waals surface area contributed by atoms with Gasteiger partial charge in [-0.15, -0.1) is 0 Å². The zero-order chi connectivity index (χ0) is 10.7. The molecule has 1 aromatic rings. The van der Waals surface area contributed by atoms with Crippen molar-refractivity contribution in [3.05, 3.63) is 34.6 Å². The van der Waals surface area contributed by atoms with Crippen LogP contribution in [0, 0.1) is 5.82 Å². The van der Waals surface area contributed by atoms with Crippen molar-refractivity contribution in [2.45, 2.75) is 20.0 Å². The molecule has 0 aliphatic rings. The minimum absolute atomic E-state index is 0.0559. The summed E-state index contributed by atoms with van der Waals surface area (Å²) in [6.45, 7) is 3.43. The van der Waals surface area contributed by atoms with E-state index >= 15 is 0 Å². The predicted molar refractivity (Wildman–Crippen MR) is 52.0 cm³/mol. The molecule has 0 N–H and O–H groups in total. The van der Waals surface area contributed by atoms with Crippen LogP contribution < -0.4 is 0 Å². The van der Waals surface area contributed by atoms with Gasteiger partial charge in [-0.05, 0) is 26.0 Å². The lowest BCUT2D eigenvalue weighted by Gasteiger charge is -2.08. The van der Waals surface area contributed by atoms with Gasteiger partial charge in [-0.2, -0.15) is 0 Å². The highest BCUT2D eigenvalue weighted by molar-refractivity contribution is 6.33. The summed E-state index contributed by atoms with van der Waals surface area (Å²) in [4.78, 5) is 11.4. The first-order valence-corrected chi connectivity index (χ1v) is 4.55. The smallest absolute Gasteiger partial charge is 0.340 e. The topological polar surface area (TPSA) is 26.3 Å². The van der Waals surface area contributed by atoms with Crippen LogP contribution in [0.25, 0.3) is 0 Å². The van der Waals surface area contributed by atoms with Crippen LogP contribution in [0.4, 0.5) is 4.39 Å². The molecular weight excluding hydrogens is 207 g/mol. The molecule has 0 saturated heterocycles. The van der Waals surface area contributed by atoms with Gasteiger partial charge >= 0.3 is 5.97 Å². The van der Waals surface area contributed by atoms with Crippen LogP contribution in [-0.2, 0) is 4.74 Å². The Morgan fingerprint density at radius 1 is 1.50 bits per heavy atom. The van der Waals surface area contributed by atoms with Crippen LogP contribution in [0.2, 0.25) is 5.02 Å². The van der Waals surface area contributed by atoms with E-state index in [1.807, 2.05) is 0 Å². The van der Waals surface area contributed by atoms with Crippen LogP contribution in [0.5, 0.6) is 0 Å². The second-order valence-electron chi connectivity index (χ2n) is 3.06. The lowest BCUT2D eigenvalue weighted by molar-refractivity contribution is 0.0377. The summed E-state index contributed by atoms with van der Waals surface area (Å²) >= 11 is 5.60. The quantitative estimate of drug-likeness (QED) is 0.711. The number of ether oxygens (including phenoxy) is 1. The van der Waals surface area contributed by atoms with Gasteiger partial charge in [-0.3, -0.25) is 0 Å². The monoisotopic (exact) mass is 216 g/mol. The summed E-state index contributed by atoms with van der Waals surface area (Å²) in [5.74, 6) is -1.23. The van der Waals surface area contributed by atoms with E-state index in [1.165, 1.54) is 18.2 Å². The highest BCUT2D eigenvalue weighted by Crippen LogP contribution is 2.20. The van der Waals surface area contributed by atoms with E-state index in [0.29, 0.717) is 0 Å². The first-order chi connectivity index (χ1) is 6.52. The van der Waals surface area contributed by atoms with Crippen molar-refractivity contribution in [1.82, 2.24) is 0 Å². The van der Waals surface area contributed by atoms with Crippen molar-refractivity contribution in [3.8, 4) is 0 Å². The third kappa shape index (κ3) is 2.45. The second kappa shape index (κ2) is 4.42. The molecule has 0 aromatic heterocycles. The van der Waals surface area contributed by atoms with Gasteiger partial charge in [0.25, 0.3) is 0 Å². The summed E-state index contributed by atoms with van der Waals surface area (Å²) in [6, 6.07) is 4.03. The van der Waals surface area contributed by atoms with Crippen molar-refractivity contribution in [1.29, 1.82) is 0 Å². The Hall–Kier alpha value is -1.09. The number of carbonyl (C=O) groups is 1. The first-order valence-electron chi connectivity index (χ1n) is 4.17. The van der Waals surface area contributed by atoms with Crippen LogP contribution in [-0.4, -0.2) is 12.1 Å². The van der Waals surface area contributed by atoms with E-state index in [0.717, 1.165) is 0 Å². The van der Waals surface area contributed by atoms with Gasteiger partial charge in [-0.1, -0.05) is 17.7 Å². The maximum absolute atomic E-state index is 12.9. The molecular formula is C10H10ClFO2. The van der Waals surface area contributed by atoms with E-state index in [4.69, 9.17) is 16.3 Å². The first kappa shape index (κ1) is 11.0. The molecule has 2 nitrogen and oxygen atoms in total. The zero-order valence-corrected chi connectivity index (χ0v) is 8.64. The summed E-state index contributed by atoms with van der Waals surface area (Å²) in [5, 5.41) is -0.196. The second-order valence-corrected chi connectivity index (χ2v) is 3.43. The average molecular weight is 217 g/mol. The number of carbonyl (C=O) groups excluding carboxylic acids is 1. The van der Waals surface area contributed by atoms with Gasteiger partial charge in [0.2, 0.25) is 0 Å². The third-order valence-electron chi connectivity index (χ3n) is 1.51. The number of rotatable bonds is 2. The Labute approximate surface area is 86.6 Å². The normalized spacial score (nSPS) is 10.4. The molecule has 4 heteroatoms. The van der Waals surface area contributed by atoms with Crippen LogP contribution in [0.1, 0.15) is 24.2 Å². The van der Waals surface area contributed by atoms with Crippen LogP contribution >= 0.6 is 11.6 Å². The Morgan fingerprint density at radius 3 is 2.71 bits per heavy atom. The van der Waals surface area contributed by atoms with E-state index < -0.39 is 11.8 Å². The van der Waals surface area contributed by atoms with Crippen LogP contribution in [0.15, 0.2) is 18.2 Å². The molecule has 0 bridgehead atoms. The van der Waals surface area contributed by atoms with Gasteiger partial charge in [0.15, 0.2) is 0 Å². The lowest BCUT2D eigenvalue weighted by atomic mass is 10.2. The molecule has 0 amide bonds. The maximum Gasteiger partial charge on any atom is 0.340 e. The maximum atomic E-state index is 12.9. The molecule has 0 radical (unpaired) electrons. The lowest BCUT2D eigenvalue weighted by Crippen LogP contribution is -2.12. The molecule has 14 heavy (non-hydrogen) atoms. The van der Waals surface area contributed by atoms with Gasteiger partial charge < -0.3 is 4.74 Å². The fourth-order valence-electron chi connectivity index (χ4n) is 0.939. The van der Waals surface area contributed by atoms with Crippen LogP contribution in [0.3, 0.4) is 0 Å². The predicted octanol–water partition coefficient (Wildman–Crippen LogP) is 3.04. The van der Waals surface area contributed by atoms with Gasteiger partial charge in [0.1, 0.15) is 5.82 Å². The molecule has 0 aliphatic heterocycles. The van der Waals surface area contributed by atoms with Crippen molar-refractivity contribution in [2.24, 2.45) is 0 Å². The third-order valence-corrected chi connectivity index (χ3v) is 1.90. The molecule has 0 aliphatic carbocycles. The van der Waals surface area contributed by atoms with E-state index in [9.17, 15) is 9.18 Å². The highest BCUT2D eigenvalue weighted by Gasteiger charge is 2.15. The molecule has 0 spiro atoms. The number of esters is 1. The minimum Gasteiger partial charge on any atom is -0.459 e. The molecule has 1 rings (SSSR count). The van der Waals surface area contributed by atoms with Gasteiger partial charge in [0, 0.05) is 0 Å². The number of halogens is 2. The van der Waals surface area contributed by atoms with E-state index in [-0.39, 0.29) is 16.7 Å². The Morgan fingerprint density at radius 2 is 2.14 bits per heavy atom. The van der Waals surface area contributed by atoms with Gasteiger partial charge in [-0.25, -0.2) is 9.18 Å². The van der Waals surface area contributed by atoms with Crippen molar-refractivity contribution in [2.75, 3.05) is 0 Å².